The molecule has 0 aliphatic rings. The number of rotatable bonds is 3. The fraction of sp³-hybridized carbons (Fsp3) is 0.250. The van der Waals surface area contributed by atoms with Crippen LogP contribution in [0.1, 0.15) is 28.0 Å². The third-order valence-corrected chi connectivity index (χ3v) is 2.52. The maximum atomic E-state index is 12.6. The van der Waals surface area contributed by atoms with E-state index in [0.29, 0.717) is 0 Å². The average Bonchev–Trinajstić information content (AvgIpc) is 2.16. The van der Waals surface area contributed by atoms with Crippen molar-refractivity contribution in [1.29, 1.82) is 0 Å². The van der Waals surface area contributed by atoms with Gasteiger partial charge in [-0.15, -0.1) is 11.6 Å². The van der Waals surface area contributed by atoms with Gasteiger partial charge < -0.3 is 5.11 Å². The molecule has 0 unspecified atom stereocenters. The minimum atomic E-state index is -2.76. The number of halogens is 4. The van der Waals surface area contributed by atoms with Crippen molar-refractivity contribution < 1.29 is 18.7 Å². The fourth-order valence-electron chi connectivity index (χ4n) is 1.07. The second-order valence-electron chi connectivity index (χ2n) is 2.60. The van der Waals surface area contributed by atoms with Gasteiger partial charge in [0, 0.05) is 11.1 Å². The van der Waals surface area contributed by atoms with Gasteiger partial charge >= 0.3 is 5.97 Å². The Morgan fingerprint density at radius 3 is 2.67 bits per heavy atom. The first kappa shape index (κ1) is 12.6. The van der Waals surface area contributed by atoms with Crippen LogP contribution in [0.25, 0.3) is 0 Å². The molecule has 0 radical (unpaired) electrons. The van der Waals surface area contributed by atoms with Crippen LogP contribution in [0.3, 0.4) is 0 Å². The molecule has 15 heavy (non-hydrogen) atoms. The van der Waals surface area contributed by atoms with Gasteiger partial charge in [-0.1, -0.05) is 0 Å². The van der Waals surface area contributed by atoms with Crippen LogP contribution >= 0.6 is 34.2 Å². The predicted molar refractivity (Wildman–Crippen MR) is 58.4 cm³/mol. The number of carboxylic acid groups (broad SMARTS) is 1. The maximum Gasteiger partial charge on any atom is 0.354 e. The number of hydrogen-bond acceptors (Lipinski definition) is 2. The Balaban J connectivity index is 3.45. The summed E-state index contributed by atoms with van der Waals surface area (Å²) in [4.78, 5) is 14.4. The molecule has 0 aliphatic heterocycles. The van der Waals surface area contributed by atoms with E-state index in [-0.39, 0.29) is 20.7 Å². The van der Waals surface area contributed by atoms with E-state index < -0.39 is 18.1 Å². The Kier molecular flexibility index (Phi) is 4.21. The van der Waals surface area contributed by atoms with Crippen LogP contribution in [0.4, 0.5) is 8.78 Å². The van der Waals surface area contributed by atoms with E-state index in [4.69, 9.17) is 16.7 Å². The normalized spacial score (nSPS) is 10.7. The predicted octanol–water partition coefficient (Wildman–Crippen LogP) is 3.06. The summed E-state index contributed by atoms with van der Waals surface area (Å²) >= 11 is 7.12. The number of alkyl halides is 3. The summed E-state index contributed by atoms with van der Waals surface area (Å²) < 4.78 is 25.3. The third kappa shape index (κ3) is 2.75. The van der Waals surface area contributed by atoms with E-state index in [1.165, 1.54) is 0 Å². The molecule has 0 atom stereocenters. The van der Waals surface area contributed by atoms with Gasteiger partial charge in [-0.25, -0.2) is 18.6 Å². The van der Waals surface area contributed by atoms with E-state index in [2.05, 4.69) is 4.98 Å². The molecule has 0 fully saturated rings. The quantitative estimate of drug-likeness (QED) is 0.519. The zero-order chi connectivity index (χ0) is 11.6. The Labute approximate surface area is 103 Å². The Morgan fingerprint density at radius 1 is 1.67 bits per heavy atom. The highest BCUT2D eigenvalue weighted by Crippen LogP contribution is 2.27. The number of hydrogen-bond donors (Lipinski definition) is 1. The summed E-state index contributed by atoms with van der Waals surface area (Å²) in [5.41, 5.74) is -0.909. The third-order valence-electron chi connectivity index (χ3n) is 1.70. The van der Waals surface area contributed by atoms with E-state index in [0.717, 1.165) is 6.07 Å². The van der Waals surface area contributed by atoms with Gasteiger partial charge in [0.2, 0.25) is 0 Å². The number of pyridine rings is 1. The van der Waals surface area contributed by atoms with Gasteiger partial charge in [-0.05, 0) is 28.7 Å². The van der Waals surface area contributed by atoms with Gasteiger partial charge in [-0.3, -0.25) is 0 Å². The monoisotopic (exact) mass is 347 g/mol. The number of aromatic nitrogens is 1. The summed E-state index contributed by atoms with van der Waals surface area (Å²) in [5.74, 6) is -1.66. The van der Waals surface area contributed by atoms with E-state index in [1.807, 2.05) is 0 Å². The summed E-state index contributed by atoms with van der Waals surface area (Å²) in [7, 11) is 0. The molecule has 0 spiro atoms. The molecule has 0 amide bonds. The highest BCUT2D eigenvalue weighted by atomic mass is 127. The minimum absolute atomic E-state index is 0.125. The largest absolute Gasteiger partial charge is 0.477 e. The molecule has 3 nitrogen and oxygen atoms in total. The van der Waals surface area contributed by atoms with E-state index >= 15 is 0 Å². The summed E-state index contributed by atoms with van der Waals surface area (Å²) in [6, 6.07) is 1.13. The van der Waals surface area contributed by atoms with Crippen molar-refractivity contribution in [3.8, 4) is 0 Å². The van der Waals surface area contributed by atoms with Crippen LogP contribution in [0.15, 0.2) is 6.07 Å². The van der Waals surface area contributed by atoms with Crippen molar-refractivity contribution >= 4 is 40.2 Å². The molecule has 82 valence electrons. The SMILES string of the molecule is O=C(O)c1nc(I)cc(C(F)F)c1CCl. The topological polar surface area (TPSA) is 50.2 Å². The number of aromatic carboxylic acids is 1. The zero-order valence-electron chi connectivity index (χ0n) is 7.18. The van der Waals surface area contributed by atoms with Gasteiger partial charge in [0.05, 0.1) is 5.88 Å². The molecule has 1 rings (SSSR count). The van der Waals surface area contributed by atoms with Gasteiger partial charge in [0.15, 0.2) is 5.69 Å². The fourth-order valence-corrected chi connectivity index (χ4v) is 1.93. The number of carbonyl (C=O) groups is 1. The van der Waals surface area contributed by atoms with Crippen LogP contribution in [0.2, 0.25) is 0 Å². The second-order valence-corrected chi connectivity index (χ2v) is 3.97. The Hall–Kier alpha value is -0.500. The number of carboxylic acids is 1. The molecule has 0 saturated heterocycles. The average molecular weight is 347 g/mol. The van der Waals surface area contributed by atoms with Crippen molar-refractivity contribution in [2.75, 3.05) is 0 Å². The number of nitrogens with zero attached hydrogens (tertiary/aromatic N) is 1. The van der Waals surface area contributed by atoms with Crippen LogP contribution in [0, 0.1) is 3.70 Å². The smallest absolute Gasteiger partial charge is 0.354 e. The van der Waals surface area contributed by atoms with Crippen molar-refractivity contribution in [3.05, 3.63) is 26.6 Å². The molecule has 1 heterocycles. The summed E-state index contributed by atoms with van der Waals surface area (Å²) in [6.45, 7) is 0. The summed E-state index contributed by atoms with van der Waals surface area (Å²) in [6.07, 6.45) is -2.76. The Morgan fingerprint density at radius 2 is 2.27 bits per heavy atom. The molecule has 0 aliphatic carbocycles. The van der Waals surface area contributed by atoms with Gasteiger partial charge in [0.1, 0.15) is 3.70 Å². The molecular formula is C8H5ClF2INO2. The van der Waals surface area contributed by atoms with E-state index in [9.17, 15) is 13.6 Å². The molecule has 1 aromatic rings. The lowest BCUT2D eigenvalue weighted by Gasteiger charge is -2.09. The lowest BCUT2D eigenvalue weighted by Crippen LogP contribution is -2.09. The second kappa shape index (κ2) is 5.02. The van der Waals surface area contributed by atoms with E-state index in [1.54, 1.807) is 22.6 Å². The standard InChI is InChI=1S/C8H5ClF2INO2/c9-2-4-3(7(10)11)1-5(12)13-6(4)8(14)15/h1,7H,2H2,(H,14,15). The van der Waals surface area contributed by atoms with Gasteiger partial charge in [-0.2, -0.15) is 0 Å². The maximum absolute atomic E-state index is 12.6. The van der Waals surface area contributed by atoms with Gasteiger partial charge in [0.25, 0.3) is 6.43 Å². The first-order valence-electron chi connectivity index (χ1n) is 3.74. The lowest BCUT2D eigenvalue weighted by molar-refractivity contribution is 0.0688. The highest BCUT2D eigenvalue weighted by molar-refractivity contribution is 14.1. The minimum Gasteiger partial charge on any atom is -0.477 e. The van der Waals surface area contributed by atoms with Crippen LogP contribution < -0.4 is 0 Å². The molecule has 1 aromatic heterocycles. The van der Waals surface area contributed by atoms with Crippen LogP contribution in [-0.4, -0.2) is 16.1 Å². The van der Waals surface area contributed by atoms with Crippen LogP contribution in [0.5, 0.6) is 0 Å². The molecule has 7 heteroatoms. The highest BCUT2D eigenvalue weighted by Gasteiger charge is 2.21. The van der Waals surface area contributed by atoms with Crippen molar-refractivity contribution in [1.82, 2.24) is 4.98 Å². The first-order chi connectivity index (χ1) is 6.97. The van der Waals surface area contributed by atoms with Crippen molar-refractivity contribution in [2.45, 2.75) is 12.3 Å². The lowest BCUT2D eigenvalue weighted by atomic mass is 10.1. The van der Waals surface area contributed by atoms with Crippen molar-refractivity contribution in [2.24, 2.45) is 0 Å². The molecule has 0 bridgehead atoms. The first-order valence-corrected chi connectivity index (χ1v) is 5.35. The molecular weight excluding hydrogens is 342 g/mol. The van der Waals surface area contributed by atoms with Crippen LogP contribution in [-0.2, 0) is 5.88 Å². The molecule has 1 N–H and O–H groups in total. The summed E-state index contributed by atoms with van der Waals surface area (Å²) in [5, 5.41) is 8.76. The Bertz CT molecular complexity index is 400. The van der Waals surface area contributed by atoms with Crippen molar-refractivity contribution in [3.63, 3.8) is 0 Å². The molecule has 0 saturated carbocycles. The molecule has 0 aromatic carbocycles. The zero-order valence-corrected chi connectivity index (χ0v) is 10.1.